The van der Waals surface area contributed by atoms with Gasteiger partial charge in [-0.15, -0.1) is 0 Å². The second kappa shape index (κ2) is 4.97. The summed E-state index contributed by atoms with van der Waals surface area (Å²) in [5, 5.41) is 18.8. The number of nitrogens with zero attached hydrogens (tertiary/aromatic N) is 1. The van der Waals surface area contributed by atoms with E-state index in [4.69, 9.17) is 5.26 Å². The predicted octanol–water partition coefficient (Wildman–Crippen LogP) is 2.54. The van der Waals surface area contributed by atoms with E-state index in [1.165, 1.54) is 0 Å². The van der Waals surface area contributed by atoms with Crippen LogP contribution in [0.25, 0.3) is 0 Å². The van der Waals surface area contributed by atoms with E-state index in [9.17, 15) is 9.90 Å². The molecule has 2 atom stereocenters. The predicted molar refractivity (Wildman–Crippen MR) is 63.6 cm³/mol. The highest BCUT2D eigenvalue weighted by Gasteiger charge is 2.33. The number of carbonyl (C=O) groups excluding carboxylic acids is 1. The van der Waals surface area contributed by atoms with Crippen molar-refractivity contribution in [3.8, 4) is 6.07 Å². The third kappa shape index (κ3) is 3.94. The summed E-state index contributed by atoms with van der Waals surface area (Å²) in [6.45, 7) is 11.0. The van der Waals surface area contributed by atoms with E-state index in [-0.39, 0.29) is 18.1 Å². The van der Waals surface area contributed by atoms with Crippen LogP contribution >= 0.6 is 0 Å². The minimum Gasteiger partial charge on any atom is -0.385 e. The molecule has 0 radical (unpaired) electrons. The van der Waals surface area contributed by atoms with E-state index < -0.39 is 16.9 Å². The van der Waals surface area contributed by atoms with E-state index in [0.717, 1.165) is 0 Å². The molecule has 0 aromatic carbocycles. The summed E-state index contributed by atoms with van der Waals surface area (Å²) < 4.78 is 0. The van der Waals surface area contributed by atoms with Gasteiger partial charge in [-0.25, -0.2) is 0 Å². The molecule has 0 saturated carbocycles. The van der Waals surface area contributed by atoms with Crippen LogP contribution in [0.2, 0.25) is 0 Å². The zero-order chi connectivity index (χ0) is 13.1. The van der Waals surface area contributed by atoms with E-state index in [2.05, 4.69) is 6.07 Å². The molecule has 0 heterocycles. The second-order valence-corrected chi connectivity index (χ2v) is 6.17. The molecule has 0 fully saturated rings. The number of aliphatic hydroxyl groups is 1. The first-order valence-corrected chi connectivity index (χ1v) is 5.64. The molecule has 3 nitrogen and oxygen atoms in total. The summed E-state index contributed by atoms with van der Waals surface area (Å²) >= 11 is 0. The van der Waals surface area contributed by atoms with E-state index >= 15 is 0 Å². The Hall–Kier alpha value is -0.880. The van der Waals surface area contributed by atoms with Crippen LogP contribution in [0, 0.1) is 28.1 Å². The quantitative estimate of drug-likeness (QED) is 0.799. The molecular weight excluding hydrogens is 202 g/mol. The van der Waals surface area contributed by atoms with Crippen LogP contribution in [0.3, 0.4) is 0 Å². The first kappa shape index (κ1) is 15.1. The lowest BCUT2D eigenvalue weighted by atomic mass is 9.76. The smallest absolute Gasteiger partial charge is 0.162 e. The van der Waals surface area contributed by atoms with Gasteiger partial charge in [0.05, 0.1) is 11.5 Å². The molecule has 0 aromatic rings. The van der Waals surface area contributed by atoms with Crippen molar-refractivity contribution in [3.63, 3.8) is 0 Å². The molecule has 0 aliphatic heterocycles. The molecule has 0 aliphatic carbocycles. The lowest BCUT2D eigenvalue weighted by molar-refractivity contribution is -0.133. The number of carbonyl (C=O) groups is 1. The van der Waals surface area contributed by atoms with Crippen molar-refractivity contribution < 1.29 is 9.90 Å². The molecular formula is C13H23NO2. The average molecular weight is 225 g/mol. The summed E-state index contributed by atoms with van der Waals surface area (Å²) in [7, 11) is 0. The van der Waals surface area contributed by atoms with Crippen molar-refractivity contribution in [1.29, 1.82) is 5.26 Å². The Kier molecular flexibility index (Phi) is 4.69. The minimum atomic E-state index is -0.954. The molecule has 1 N–H and O–H groups in total. The van der Waals surface area contributed by atoms with Gasteiger partial charge in [0.2, 0.25) is 0 Å². The standard InChI is InChI=1S/C13H23NO2/c1-9(13(5,6)8-14)7-10(15)11(16)12(2,3)4/h9,11,16H,7H2,1-6H3. The third-order valence-electron chi connectivity index (χ3n) is 3.15. The van der Waals surface area contributed by atoms with Crippen LogP contribution in [0.5, 0.6) is 0 Å². The summed E-state index contributed by atoms with van der Waals surface area (Å²) in [5.74, 6) is -0.231. The van der Waals surface area contributed by atoms with Crippen LogP contribution in [-0.4, -0.2) is 17.0 Å². The Morgan fingerprint density at radius 3 is 2.06 bits per heavy atom. The summed E-state index contributed by atoms with van der Waals surface area (Å²) in [6.07, 6.45) is -0.705. The van der Waals surface area contributed by atoms with Crippen LogP contribution in [-0.2, 0) is 4.79 Å². The fourth-order valence-corrected chi connectivity index (χ4v) is 1.26. The Morgan fingerprint density at radius 2 is 1.75 bits per heavy atom. The average Bonchev–Trinajstić information content (AvgIpc) is 2.14. The van der Waals surface area contributed by atoms with Crippen LogP contribution in [0.15, 0.2) is 0 Å². The van der Waals surface area contributed by atoms with Crippen LogP contribution in [0.4, 0.5) is 0 Å². The highest BCUT2D eigenvalue weighted by atomic mass is 16.3. The topological polar surface area (TPSA) is 61.1 Å². The van der Waals surface area contributed by atoms with Gasteiger partial charge in [-0.05, 0) is 25.2 Å². The van der Waals surface area contributed by atoms with Gasteiger partial charge in [0, 0.05) is 6.42 Å². The van der Waals surface area contributed by atoms with E-state index in [1.54, 1.807) is 0 Å². The van der Waals surface area contributed by atoms with E-state index in [0.29, 0.717) is 0 Å². The Labute approximate surface area is 98.5 Å². The summed E-state index contributed by atoms with van der Waals surface area (Å²) in [6, 6.07) is 2.19. The highest BCUT2D eigenvalue weighted by Crippen LogP contribution is 2.30. The molecule has 0 spiro atoms. The monoisotopic (exact) mass is 225 g/mol. The zero-order valence-corrected chi connectivity index (χ0v) is 11.2. The van der Waals surface area contributed by atoms with Crippen molar-refractivity contribution in [2.75, 3.05) is 0 Å². The summed E-state index contributed by atoms with van der Waals surface area (Å²) in [4.78, 5) is 11.8. The molecule has 0 amide bonds. The number of aliphatic hydroxyl groups excluding tert-OH is 1. The minimum absolute atomic E-state index is 0.0537. The Morgan fingerprint density at radius 1 is 1.31 bits per heavy atom. The first-order chi connectivity index (χ1) is 7.02. The van der Waals surface area contributed by atoms with Gasteiger partial charge in [-0.3, -0.25) is 4.79 Å². The van der Waals surface area contributed by atoms with Crippen molar-refractivity contribution in [2.45, 2.75) is 54.1 Å². The van der Waals surface area contributed by atoms with Gasteiger partial charge in [0.15, 0.2) is 5.78 Å². The number of hydrogen-bond donors (Lipinski definition) is 1. The lowest BCUT2D eigenvalue weighted by Crippen LogP contribution is -2.36. The fraction of sp³-hybridized carbons (Fsp3) is 0.846. The third-order valence-corrected chi connectivity index (χ3v) is 3.15. The van der Waals surface area contributed by atoms with Crippen molar-refractivity contribution in [1.82, 2.24) is 0 Å². The molecule has 2 unspecified atom stereocenters. The number of nitriles is 1. The van der Waals surface area contributed by atoms with Crippen molar-refractivity contribution >= 4 is 5.78 Å². The fourth-order valence-electron chi connectivity index (χ4n) is 1.26. The highest BCUT2D eigenvalue weighted by molar-refractivity contribution is 5.83. The van der Waals surface area contributed by atoms with Crippen molar-refractivity contribution in [2.24, 2.45) is 16.7 Å². The molecule has 0 aliphatic rings. The molecule has 16 heavy (non-hydrogen) atoms. The van der Waals surface area contributed by atoms with Gasteiger partial charge in [-0.2, -0.15) is 5.26 Å². The van der Waals surface area contributed by atoms with Gasteiger partial charge in [0.1, 0.15) is 6.10 Å². The maximum Gasteiger partial charge on any atom is 0.162 e. The zero-order valence-electron chi connectivity index (χ0n) is 11.2. The van der Waals surface area contributed by atoms with Gasteiger partial charge in [0.25, 0.3) is 0 Å². The molecule has 0 aromatic heterocycles. The maximum absolute atomic E-state index is 11.8. The van der Waals surface area contributed by atoms with Crippen LogP contribution in [0.1, 0.15) is 48.0 Å². The summed E-state index contributed by atoms with van der Waals surface area (Å²) in [5.41, 5.74) is -0.971. The number of rotatable bonds is 4. The number of Topliss-reactive ketones (excluding diaryl/α,β-unsaturated/α-hetero) is 1. The molecule has 92 valence electrons. The van der Waals surface area contributed by atoms with Gasteiger partial charge in [-0.1, -0.05) is 27.7 Å². The molecule has 0 rings (SSSR count). The molecule has 0 bridgehead atoms. The Balaban J connectivity index is 4.55. The maximum atomic E-state index is 11.8. The van der Waals surface area contributed by atoms with Crippen molar-refractivity contribution in [3.05, 3.63) is 0 Å². The normalized spacial score (nSPS) is 16.4. The van der Waals surface area contributed by atoms with Gasteiger partial charge >= 0.3 is 0 Å². The number of hydrogen-bond acceptors (Lipinski definition) is 3. The van der Waals surface area contributed by atoms with Crippen LogP contribution < -0.4 is 0 Å². The first-order valence-electron chi connectivity index (χ1n) is 5.64. The SMILES string of the molecule is CC(CC(=O)C(O)C(C)(C)C)C(C)(C)C#N. The molecule has 0 saturated heterocycles. The Bertz CT molecular complexity index is 294. The number of ketones is 1. The second-order valence-electron chi connectivity index (χ2n) is 6.17. The largest absolute Gasteiger partial charge is 0.385 e. The van der Waals surface area contributed by atoms with Gasteiger partial charge < -0.3 is 5.11 Å². The van der Waals surface area contributed by atoms with E-state index in [1.807, 2.05) is 41.5 Å². The lowest BCUT2D eigenvalue weighted by Gasteiger charge is -2.28. The molecule has 3 heteroatoms.